The Hall–Kier alpha value is -4.02. The number of fused-ring (bicyclic) bond motifs is 14. The molecule has 0 N–H and O–H groups in total. The van der Waals surface area contributed by atoms with Gasteiger partial charge in [-0.3, -0.25) is 0 Å². The molecule has 0 saturated carbocycles. The maximum absolute atomic E-state index is 2.58. The van der Waals surface area contributed by atoms with E-state index in [2.05, 4.69) is 112 Å². The molecule has 7 aromatic rings. The molecule has 0 aliphatic carbocycles. The van der Waals surface area contributed by atoms with Crippen LogP contribution in [0.5, 0.6) is 0 Å². The van der Waals surface area contributed by atoms with Crippen molar-refractivity contribution in [3.63, 3.8) is 0 Å². The largest absolute Gasteiger partial charge is 0.421 e. The van der Waals surface area contributed by atoms with Crippen molar-refractivity contribution in [1.82, 2.24) is 4.48 Å². The van der Waals surface area contributed by atoms with Crippen molar-refractivity contribution in [2.75, 3.05) is 4.81 Å². The fraction of sp³-hybridized carbons (Fsp3) is 0. The molecule has 34 heavy (non-hydrogen) atoms. The molecule has 2 aliphatic heterocycles. The molecule has 9 rings (SSSR count). The molecule has 0 radical (unpaired) electrons. The van der Waals surface area contributed by atoms with Gasteiger partial charge in [-0.2, -0.15) is 0 Å². The predicted octanol–water partition coefficient (Wildman–Crippen LogP) is 7.54. The number of nitrogens with zero attached hydrogens (tertiary/aromatic N) is 2. The molecule has 0 bridgehead atoms. The number of hydrogen-bond acceptors (Lipinski definition) is 2. The average molecular weight is 448 g/mol. The van der Waals surface area contributed by atoms with Gasteiger partial charge in [-0.05, 0) is 41.4 Å². The van der Waals surface area contributed by atoms with E-state index in [1.165, 1.54) is 69.9 Å². The minimum Gasteiger partial charge on any atom is -0.359 e. The second-order valence-corrected chi connectivity index (χ2v) is 10.4. The first-order valence-electron chi connectivity index (χ1n) is 11.7. The lowest BCUT2D eigenvalue weighted by atomic mass is 9.60. The van der Waals surface area contributed by atoms with Gasteiger partial charge in [0.1, 0.15) is 0 Å². The molecule has 5 aromatic carbocycles. The molecule has 156 valence electrons. The maximum Gasteiger partial charge on any atom is 0.421 e. The molecule has 4 heteroatoms. The summed E-state index contributed by atoms with van der Waals surface area (Å²) in [6.45, 7) is 0.117. The third-order valence-electron chi connectivity index (χ3n) is 7.74. The minimum atomic E-state index is 0.117. The molecule has 0 saturated heterocycles. The van der Waals surface area contributed by atoms with Gasteiger partial charge in [-0.1, -0.05) is 72.8 Å². The summed E-state index contributed by atoms with van der Waals surface area (Å²) < 4.78 is 5.28. The number of benzene rings is 5. The molecular formula is C30H17BN2S. The van der Waals surface area contributed by atoms with Crippen molar-refractivity contribution in [2.45, 2.75) is 0 Å². The first kappa shape index (κ1) is 17.5. The van der Waals surface area contributed by atoms with E-state index in [0.717, 1.165) is 0 Å². The fourth-order valence-electron chi connectivity index (χ4n) is 6.41. The summed E-state index contributed by atoms with van der Waals surface area (Å²) >= 11 is 1.90. The Morgan fingerprint density at radius 3 is 2.32 bits per heavy atom. The van der Waals surface area contributed by atoms with Crippen LogP contribution >= 0.6 is 11.3 Å². The van der Waals surface area contributed by atoms with Crippen molar-refractivity contribution in [3.05, 3.63) is 103 Å². The third-order valence-corrected chi connectivity index (χ3v) is 8.88. The Bertz CT molecular complexity index is 2000. The summed E-state index contributed by atoms with van der Waals surface area (Å²) in [4.78, 5) is 2.58. The van der Waals surface area contributed by atoms with E-state index >= 15 is 0 Å². The molecule has 4 heterocycles. The molecule has 2 aromatic heterocycles. The Kier molecular flexibility index (Phi) is 3.03. The highest BCUT2D eigenvalue weighted by molar-refractivity contribution is 7.25. The van der Waals surface area contributed by atoms with Crippen LogP contribution < -0.4 is 10.3 Å². The maximum atomic E-state index is 2.58. The number of thiophene rings is 1. The zero-order valence-electron chi connectivity index (χ0n) is 18.2. The van der Waals surface area contributed by atoms with E-state index in [-0.39, 0.29) is 6.98 Å². The fourth-order valence-corrected chi connectivity index (χ4v) is 7.54. The van der Waals surface area contributed by atoms with Gasteiger partial charge in [-0.25, -0.2) is 0 Å². The summed E-state index contributed by atoms with van der Waals surface area (Å²) in [6, 6.07) is 38.3. The van der Waals surface area contributed by atoms with E-state index in [4.69, 9.17) is 0 Å². The summed E-state index contributed by atoms with van der Waals surface area (Å²) in [7, 11) is 0. The topological polar surface area (TPSA) is 8.17 Å². The van der Waals surface area contributed by atoms with Crippen molar-refractivity contribution in [3.8, 4) is 11.1 Å². The van der Waals surface area contributed by atoms with Crippen LogP contribution in [0.2, 0.25) is 0 Å². The highest BCUT2D eigenvalue weighted by Gasteiger charge is 2.44. The van der Waals surface area contributed by atoms with Crippen molar-refractivity contribution < 1.29 is 0 Å². The SMILES string of the molecule is c1ccc2c(c1)B1N(c3cc4c(cc3-2)sc2ccccc24)c2cccc3c4ccccc4n1c23. The predicted molar refractivity (Wildman–Crippen MR) is 147 cm³/mol. The van der Waals surface area contributed by atoms with Gasteiger partial charge < -0.3 is 9.29 Å². The van der Waals surface area contributed by atoms with Crippen LogP contribution in [0.4, 0.5) is 11.4 Å². The lowest BCUT2D eigenvalue weighted by molar-refractivity contribution is 1.31. The van der Waals surface area contributed by atoms with E-state index in [1.54, 1.807) is 0 Å². The van der Waals surface area contributed by atoms with Crippen LogP contribution in [0.15, 0.2) is 103 Å². The summed E-state index contributed by atoms with van der Waals surface area (Å²) in [5.74, 6) is 0. The Morgan fingerprint density at radius 2 is 1.35 bits per heavy atom. The van der Waals surface area contributed by atoms with E-state index < -0.39 is 0 Å². The van der Waals surface area contributed by atoms with Gasteiger partial charge in [0.2, 0.25) is 0 Å². The van der Waals surface area contributed by atoms with Gasteiger partial charge in [-0.15, -0.1) is 11.3 Å². The van der Waals surface area contributed by atoms with Crippen LogP contribution in [-0.2, 0) is 0 Å². The Morgan fingerprint density at radius 1 is 0.559 bits per heavy atom. The number of rotatable bonds is 0. The zero-order chi connectivity index (χ0) is 22.0. The smallest absolute Gasteiger partial charge is 0.359 e. The van der Waals surface area contributed by atoms with Gasteiger partial charge in [0, 0.05) is 47.7 Å². The van der Waals surface area contributed by atoms with Crippen molar-refractivity contribution >= 4 is 77.1 Å². The van der Waals surface area contributed by atoms with Crippen LogP contribution in [0.25, 0.3) is 53.1 Å². The van der Waals surface area contributed by atoms with E-state index in [9.17, 15) is 0 Å². The molecule has 0 spiro atoms. The second kappa shape index (κ2) is 5.91. The minimum absolute atomic E-state index is 0.117. The first-order chi connectivity index (χ1) is 16.9. The van der Waals surface area contributed by atoms with Crippen LogP contribution in [-0.4, -0.2) is 11.5 Å². The van der Waals surface area contributed by atoms with Gasteiger partial charge in [0.05, 0.1) is 11.2 Å². The average Bonchev–Trinajstić information content (AvgIpc) is 3.54. The first-order valence-corrected chi connectivity index (χ1v) is 12.6. The normalized spacial score (nSPS) is 13.8. The van der Waals surface area contributed by atoms with Gasteiger partial charge in [0.15, 0.2) is 0 Å². The molecular weight excluding hydrogens is 431 g/mol. The summed E-state index contributed by atoms with van der Waals surface area (Å²) in [5, 5.41) is 5.37. The quantitative estimate of drug-likeness (QED) is 0.218. The molecule has 0 amide bonds. The van der Waals surface area contributed by atoms with Gasteiger partial charge in [0.25, 0.3) is 0 Å². The highest BCUT2D eigenvalue weighted by Crippen LogP contribution is 2.51. The number of aromatic nitrogens is 1. The molecule has 0 atom stereocenters. The Labute approximate surface area is 200 Å². The summed E-state index contributed by atoms with van der Waals surface area (Å²) in [6.07, 6.45) is 0. The molecule has 2 aliphatic rings. The van der Waals surface area contributed by atoms with Crippen LogP contribution in [0.3, 0.4) is 0 Å². The van der Waals surface area contributed by atoms with E-state index in [0.29, 0.717) is 0 Å². The highest BCUT2D eigenvalue weighted by atomic mass is 32.1. The summed E-state index contributed by atoms with van der Waals surface area (Å²) in [5.41, 5.74) is 9.29. The number of para-hydroxylation sites is 2. The van der Waals surface area contributed by atoms with Gasteiger partial charge >= 0.3 is 6.98 Å². The molecule has 0 fully saturated rings. The Balaban J connectivity index is 1.47. The number of hydrogen-bond donors (Lipinski definition) is 0. The second-order valence-electron chi connectivity index (χ2n) is 9.36. The molecule has 0 unspecified atom stereocenters. The van der Waals surface area contributed by atoms with Crippen molar-refractivity contribution in [2.24, 2.45) is 0 Å². The van der Waals surface area contributed by atoms with E-state index in [1.807, 2.05) is 11.3 Å². The number of anilines is 2. The third kappa shape index (κ3) is 1.92. The molecule has 2 nitrogen and oxygen atoms in total. The lowest BCUT2D eigenvalue weighted by Crippen LogP contribution is -2.51. The van der Waals surface area contributed by atoms with Crippen molar-refractivity contribution in [1.29, 1.82) is 0 Å². The van der Waals surface area contributed by atoms with Crippen LogP contribution in [0, 0.1) is 0 Å². The zero-order valence-corrected chi connectivity index (χ0v) is 19.0. The standard InChI is InChI=1S/C30H17BN2S/c1-4-12-24-18(8-1)22-17-29-23(20-10-3-6-15-28(20)34-29)16-27(22)32-26-14-7-11-21-19-9-2-5-13-25(19)33(30(21)26)31(24)32/h1-17H. The van der Waals surface area contributed by atoms with Crippen LogP contribution in [0.1, 0.15) is 0 Å². The monoisotopic (exact) mass is 448 g/mol. The lowest BCUT2D eigenvalue weighted by Gasteiger charge is -2.34.